The van der Waals surface area contributed by atoms with Crippen molar-refractivity contribution < 1.29 is 0 Å². The van der Waals surface area contributed by atoms with Gasteiger partial charge >= 0.3 is 0 Å². The lowest BCUT2D eigenvalue weighted by atomic mass is 9.72. The van der Waals surface area contributed by atoms with E-state index >= 15 is 0 Å². The first-order valence-electron chi connectivity index (χ1n) is 21.7. The molecular weight excluding hydrogens is 701 g/mol. The molecule has 0 saturated heterocycles. The van der Waals surface area contributed by atoms with Crippen molar-refractivity contribution in [1.82, 2.24) is 0 Å². The van der Waals surface area contributed by atoms with Crippen LogP contribution in [0.4, 0.5) is 22.7 Å². The van der Waals surface area contributed by atoms with E-state index in [2.05, 4.69) is 197 Å². The number of hydrogen-bond acceptors (Lipinski definition) is 2. The van der Waals surface area contributed by atoms with Gasteiger partial charge in [-0.05, 0) is 165 Å². The van der Waals surface area contributed by atoms with E-state index in [-0.39, 0.29) is 21.9 Å². The van der Waals surface area contributed by atoms with Crippen molar-refractivity contribution in [2.45, 2.75) is 90.1 Å². The Hall–Kier alpha value is -5.60. The molecule has 2 nitrogen and oxygen atoms in total. The smallest absolute Gasteiger partial charge is 0.0543 e. The van der Waals surface area contributed by atoms with E-state index < -0.39 is 0 Å². The molecule has 4 unspecified atom stereocenters. The maximum atomic E-state index is 2.68. The standard InChI is InChI=1S/C56H52N2/c1-53(2)31-29-47-45-33-37(21-27-49(45)57(55(47,53)5)39-13-9-7-10-14-39)41-23-17-35-20-26-44-42(24-18-36-19-25-43(41)51(35)52(36)44)38-22-28-50-46(34-38)48-30-32-54(3,4)56(48,6)58(50)40-15-11-8-12-16-40/h7-28,33-34,47-48H,29-32H2,1-6H3. The molecule has 2 aliphatic carbocycles. The third-order valence-corrected chi connectivity index (χ3v) is 16.7. The minimum Gasteiger partial charge on any atom is -0.334 e. The normalized spacial score (nSPS) is 25.1. The molecule has 0 aromatic heterocycles. The average molecular weight is 753 g/mol. The highest BCUT2D eigenvalue weighted by Crippen LogP contribution is 2.67. The summed E-state index contributed by atoms with van der Waals surface area (Å²) in [5, 5.41) is 8.08. The molecule has 2 heteroatoms. The van der Waals surface area contributed by atoms with Crippen LogP contribution in [0.25, 0.3) is 54.6 Å². The van der Waals surface area contributed by atoms with Crippen molar-refractivity contribution >= 4 is 55.1 Å². The molecule has 2 fully saturated rings. The van der Waals surface area contributed by atoms with Crippen LogP contribution in [0.3, 0.4) is 0 Å². The van der Waals surface area contributed by atoms with Crippen LogP contribution in [-0.2, 0) is 0 Å². The van der Waals surface area contributed by atoms with Gasteiger partial charge in [0.15, 0.2) is 0 Å². The van der Waals surface area contributed by atoms with Gasteiger partial charge in [0.2, 0.25) is 0 Å². The zero-order chi connectivity index (χ0) is 39.3. The first kappa shape index (κ1) is 34.4. The molecule has 12 rings (SSSR count). The summed E-state index contributed by atoms with van der Waals surface area (Å²) in [6, 6.07) is 56.0. The van der Waals surface area contributed by atoms with E-state index in [4.69, 9.17) is 0 Å². The summed E-state index contributed by atoms with van der Waals surface area (Å²) < 4.78 is 0. The van der Waals surface area contributed by atoms with Crippen LogP contribution in [0, 0.1) is 10.8 Å². The van der Waals surface area contributed by atoms with Crippen molar-refractivity contribution in [2.75, 3.05) is 9.80 Å². The highest BCUT2D eigenvalue weighted by Gasteiger charge is 2.62. The lowest BCUT2D eigenvalue weighted by Crippen LogP contribution is -2.50. The molecule has 0 bridgehead atoms. The summed E-state index contributed by atoms with van der Waals surface area (Å²) >= 11 is 0. The van der Waals surface area contributed by atoms with Crippen LogP contribution < -0.4 is 9.80 Å². The fraction of sp³-hybridized carbons (Fsp3) is 0.286. The van der Waals surface area contributed by atoms with Crippen molar-refractivity contribution in [3.8, 4) is 22.3 Å². The van der Waals surface area contributed by atoms with E-state index in [0.29, 0.717) is 11.8 Å². The number of fused-ring (bicyclic) bond motifs is 6. The Morgan fingerprint density at radius 3 is 1.24 bits per heavy atom. The number of benzene rings is 8. The molecule has 8 aromatic rings. The number of para-hydroxylation sites is 2. The lowest BCUT2D eigenvalue weighted by molar-refractivity contribution is 0.222. The molecule has 8 aromatic carbocycles. The summed E-state index contributed by atoms with van der Waals surface area (Å²) in [7, 11) is 0. The topological polar surface area (TPSA) is 6.48 Å². The van der Waals surface area contributed by atoms with Crippen molar-refractivity contribution in [2.24, 2.45) is 10.8 Å². The van der Waals surface area contributed by atoms with Crippen LogP contribution in [0.15, 0.2) is 146 Å². The van der Waals surface area contributed by atoms with Gasteiger partial charge in [-0.2, -0.15) is 0 Å². The number of anilines is 4. The molecule has 4 aliphatic rings. The summed E-state index contributed by atoms with van der Waals surface area (Å²) in [5.41, 5.74) is 14.1. The van der Waals surface area contributed by atoms with Gasteiger partial charge in [0.05, 0.1) is 11.1 Å². The second-order valence-corrected chi connectivity index (χ2v) is 19.8. The highest BCUT2D eigenvalue weighted by molar-refractivity contribution is 6.27. The first-order valence-corrected chi connectivity index (χ1v) is 21.7. The van der Waals surface area contributed by atoms with Crippen LogP contribution in [0.5, 0.6) is 0 Å². The second kappa shape index (κ2) is 11.5. The molecule has 0 amide bonds. The van der Waals surface area contributed by atoms with Gasteiger partial charge in [0.1, 0.15) is 0 Å². The van der Waals surface area contributed by atoms with Crippen molar-refractivity contribution in [3.63, 3.8) is 0 Å². The molecule has 2 saturated carbocycles. The fourth-order valence-corrected chi connectivity index (χ4v) is 13.0. The Bertz CT molecular complexity index is 2760. The average Bonchev–Trinajstić information content (AvgIpc) is 3.84. The Labute approximate surface area is 343 Å². The van der Waals surface area contributed by atoms with Gasteiger partial charge in [-0.25, -0.2) is 0 Å². The van der Waals surface area contributed by atoms with E-state index in [0.717, 1.165) is 0 Å². The summed E-state index contributed by atoms with van der Waals surface area (Å²) in [4.78, 5) is 5.36. The van der Waals surface area contributed by atoms with Gasteiger partial charge in [-0.3, -0.25) is 0 Å². The van der Waals surface area contributed by atoms with E-state index in [1.807, 2.05) is 0 Å². The van der Waals surface area contributed by atoms with Crippen LogP contribution in [0.1, 0.15) is 90.2 Å². The zero-order valence-electron chi connectivity index (χ0n) is 34.7. The largest absolute Gasteiger partial charge is 0.334 e. The maximum Gasteiger partial charge on any atom is 0.0543 e. The molecule has 2 aliphatic heterocycles. The molecule has 4 atom stereocenters. The molecule has 58 heavy (non-hydrogen) atoms. The summed E-state index contributed by atoms with van der Waals surface area (Å²) in [5.74, 6) is 0.973. The molecule has 0 radical (unpaired) electrons. The Balaban J connectivity index is 1.00. The molecule has 2 heterocycles. The fourth-order valence-electron chi connectivity index (χ4n) is 13.0. The quantitative estimate of drug-likeness (QED) is 0.165. The number of nitrogens with zero attached hydrogens (tertiary/aromatic N) is 2. The Morgan fingerprint density at radius 2 is 0.828 bits per heavy atom. The zero-order valence-corrected chi connectivity index (χ0v) is 34.7. The maximum absolute atomic E-state index is 2.68. The molecular formula is C56H52N2. The van der Waals surface area contributed by atoms with Gasteiger partial charge in [-0.15, -0.1) is 0 Å². The monoisotopic (exact) mass is 752 g/mol. The molecule has 286 valence electrons. The number of rotatable bonds is 4. The van der Waals surface area contributed by atoms with Gasteiger partial charge in [0, 0.05) is 34.6 Å². The summed E-state index contributed by atoms with van der Waals surface area (Å²) in [6.45, 7) is 15.0. The van der Waals surface area contributed by atoms with Crippen LogP contribution in [0.2, 0.25) is 0 Å². The first-order chi connectivity index (χ1) is 28.0. The van der Waals surface area contributed by atoms with Crippen molar-refractivity contribution in [3.05, 3.63) is 157 Å². The Kier molecular flexibility index (Phi) is 6.85. The predicted molar refractivity (Wildman–Crippen MR) is 247 cm³/mol. The van der Waals surface area contributed by atoms with E-state index in [1.54, 1.807) is 0 Å². The third kappa shape index (κ3) is 4.24. The molecule has 0 spiro atoms. The number of hydrogen-bond donors (Lipinski definition) is 0. The predicted octanol–water partition coefficient (Wildman–Crippen LogP) is 15.5. The van der Waals surface area contributed by atoms with Crippen LogP contribution >= 0.6 is 0 Å². The van der Waals surface area contributed by atoms with Gasteiger partial charge < -0.3 is 9.80 Å². The minimum absolute atomic E-state index is 0.0123. The van der Waals surface area contributed by atoms with Crippen molar-refractivity contribution in [1.29, 1.82) is 0 Å². The SMILES string of the molecule is CC1(C)CCC2c3cc(-c4ccc5ccc6c(-c7ccc8c(c7)C7CCC(C)(C)C7(C)N8c7ccccc7)ccc7ccc4c5c76)ccc3N(c3ccccc3)C21C. The summed E-state index contributed by atoms with van der Waals surface area (Å²) in [6.07, 6.45) is 4.90. The molecule has 0 N–H and O–H groups in total. The minimum atomic E-state index is 0.0123. The van der Waals surface area contributed by atoms with Gasteiger partial charge in [0.25, 0.3) is 0 Å². The lowest BCUT2D eigenvalue weighted by Gasteiger charge is -2.47. The van der Waals surface area contributed by atoms with Crippen LogP contribution in [-0.4, -0.2) is 11.1 Å². The third-order valence-electron chi connectivity index (χ3n) is 16.7. The Morgan fingerprint density at radius 1 is 0.431 bits per heavy atom. The van der Waals surface area contributed by atoms with Gasteiger partial charge in [-0.1, -0.05) is 125 Å². The second-order valence-electron chi connectivity index (χ2n) is 19.8. The van der Waals surface area contributed by atoms with E-state index in [9.17, 15) is 0 Å². The van der Waals surface area contributed by atoms with E-state index in [1.165, 1.54) is 114 Å². The highest BCUT2D eigenvalue weighted by atomic mass is 15.3.